The second kappa shape index (κ2) is 3.65. The van der Waals surface area contributed by atoms with Crippen molar-refractivity contribution < 1.29 is 20.1 Å². The zero-order valence-corrected chi connectivity index (χ0v) is 6.50. The van der Waals surface area contributed by atoms with Crippen LogP contribution in [0.3, 0.4) is 0 Å². The molecule has 0 bridgehead atoms. The van der Waals surface area contributed by atoms with E-state index in [4.69, 9.17) is 26.4 Å². The molecule has 0 aromatic heterocycles. The first-order valence-corrected chi connectivity index (χ1v) is 3.71. The number of nitrogens with two attached hydrogens (primary N) is 2. The van der Waals surface area contributed by atoms with E-state index in [1.54, 1.807) is 0 Å². The number of hydrogen-bond acceptors (Lipinski definition) is 6. The van der Waals surface area contributed by atoms with E-state index < -0.39 is 37.2 Å². The van der Waals surface area contributed by atoms with Crippen molar-refractivity contribution in [1.29, 1.82) is 0 Å². The number of aliphatic hydroxyl groups excluding tert-OH is 3. The maximum Gasteiger partial charge on any atom is 0.171 e. The van der Waals surface area contributed by atoms with Crippen molar-refractivity contribution >= 4 is 0 Å². The van der Waals surface area contributed by atoms with Crippen molar-refractivity contribution in [2.24, 2.45) is 11.5 Å². The van der Waals surface area contributed by atoms with Crippen LogP contribution in [0.2, 0.25) is 0 Å². The summed E-state index contributed by atoms with van der Waals surface area (Å²) < 4.78 is 4.78. The molecule has 72 valence electrons. The largest absolute Gasteiger partial charge is 0.394 e. The van der Waals surface area contributed by atoms with Gasteiger partial charge in [0.05, 0.1) is 24.8 Å². The fraction of sp³-hybridized carbons (Fsp3) is 1.00. The summed E-state index contributed by atoms with van der Waals surface area (Å²) in [5, 5.41) is 27.1. The predicted molar refractivity (Wildman–Crippen MR) is 39.9 cm³/mol. The Hall–Kier alpha value is -0.240. The van der Waals surface area contributed by atoms with E-state index in [0.717, 1.165) is 0 Å². The molecule has 0 radical (unpaired) electrons. The molecule has 0 aliphatic carbocycles. The molecule has 1 aliphatic heterocycles. The average Bonchev–Trinajstić information content (AvgIpc) is 2.08. The lowest BCUT2D eigenvalue weighted by Crippen LogP contribution is -2.65. The summed E-state index contributed by atoms with van der Waals surface area (Å²) >= 11 is 0. The predicted octanol–water partition coefficient (Wildman–Crippen LogP) is -3.29. The molecule has 12 heavy (non-hydrogen) atoms. The van der Waals surface area contributed by atoms with Gasteiger partial charge in [-0.2, -0.15) is 0 Å². The molecule has 1 aliphatic rings. The normalized spacial score (nSPS) is 49.2. The van der Waals surface area contributed by atoms with Gasteiger partial charge >= 0.3 is 0 Å². The van der Waals surface area contributed by atoms with Gasteiger partial charge in [0.15, 0.2) is 6.29 Å². The highest BCUT2D eigenvalue weighted by atomic mass is 16.6. The highest BCUT2D eigenvalue weighted by Crippen LogP contribution is 2.16. The van der Waals surface area contributed by atoms with Crippen LogP contribution in [0.25, 0.3) is 0 Å². The average molecular weight is 178 g/mol. The lowest BCUT2D eigenvalue weighted by molar-refractivity contribution is -0.221. The Kier molecular flexibility index (Phi) is 2.99. The Labute approximate surface area is 69.7 Å². The van der Waals surface area contributed by atoms with Crippen molar-refractivity contribution in [3.63, 3.8) is 0 Å². The summed E-state index contributed by atoms with van der Waals surface area (Å²) in [6, 6.07) is -1.59. The minimum atomic E-state index is -1.22. The lowest BCUT2D eigenvalue weighted by Gasteiger charge is -2.38. The minimum Gasteiger partial charge on any atom is -0.394 e. The van der Waals surface area contributed by atoms with E-state index in [0.29, 0.717) is 0 Å². The lowest BCUT2D eigenvalue weighted by atomic mass is 9.96. The maximum absolute atomic E-state index is 9.32. The summed E-state index contributed by atoms with van der Waals surface area (Å²) in [5.41, 5.74) is 10.8. The van der Waals surface area contributed by atoms with Crippen LogP contribution in [0.5, 0.6) is 0 Å². The number of rotatable bonds is 1. The molecule has 0 saturated carbocycles. The van der Waals surface area contributed by atoms with Gasteiger partial charge in [-0.15, -0.1) is 0 Å². The van der Waals surface area contributed by atoms with Crippen LogP contribution in [0.15, 0.2) is 0 Å². The Balaban J connectivity index is 2.63. The van der Waals surface area contributed by atoms with Crippen molar-refractivity contribution in [1.82, 2.24) is 0 Å². The van der Waals surface area contributed by atoms with Crippen LogP contribution in [0.4, 0.5) is 0 Å². The highest BCUT2D eigenvalue weighted by molar-refractivity contribution is 4.93. The molecule has 6 nitrogen and oxygen atoms in total. The van der Waals surface area contributed by atoms with Gasteiger partial charge in [0.1, 0.15) is 6.10 Å². The van der Waals surface area contributed by atoms with Gasteiger partial charge in [0.25, 0.3) is 0 Å². The molecule has 5 atom stereocenters. The van der Waals surface area contributed by atoms with Crippen molar-refractivity contribution in [2.75, 3.05) is 6.61 Å². The third kappa shape index (κ3) is 1.58. The Bertz CT molecular complexity index is 152. The van der Waals surface area contributed by atoms with Crippen LogP contribution in [0.1, 0.15) is 0 Å². The fourth-order valence-corrected chi connectivity index (χ4v) is 1.17. The zero-order chi connectivity index (χ0) is 9.30. The fourth-order valence-electron chi connectivity index (χ4n) is 1.17. The zero-order valence-electron chi connectivity index (χ0n) is 6.50. The molecule has 7 N–H and O–H groups in total. The van der Waals surface area contributed by atoms with E-state index in [2.05, 4.69) is 0 Å². The van der Waals surface area contributed by atoms with Gasteiger partial charge in [-0.05, 0) is 0 Å². The molecule has 1 unspecified atom stereocenters. The molecule has 0 spiro atoms. The molecule has 0 amide bonds. The smallest absolute Gasteiger partial charge is 0.171 e. The first kappa shape index (κ1) is 9.85. The number of aliphatic hydroxyl groups is 3. The molecule has 1 rings (SSSR count). The van der Waals surface area contributed by atoms with E-state index in [9.17, 15) is 5.11 Å². The first-order valence-electron chi connectivity index (χ1n) is 3.71. The van der Waals surface area contributed by atoms with Crippen molar-refractivity contribution in [3.05, 3.63) is 0 Å². The number of hydrogen-bond donors (Lipinski definition) is 5. The monoisotopic (exact) mass is 178 g/mol. The highest BCUT2D eigenvalue weighted by Gasteiger charge is 2.40. The van der Waals surface area contributed by atoms with Gasteiger partial charge < -0.3 is 31.5 Å². The molecular weight excluding hydrogens is 164 g/mol. The Morgan fingerprint density at radius 1 is 1.17 bits per heavy atom. The maximum atomic E-state index is 9.32. The Morgan fingerprint density at radius 3 is 2.25 bits per heavy atom. The number of ether oxygens (including phenoxy) is 1. The van der Waals surface area contributed by atoms with Gasteiger partial charge in [0.2, 0.25) is 0 Å². The second-order valence-corrected chi connectivity index (χ2v) is 2.89. The minimum absolute atomic E-state index is 0.390. The molecule has 1 fully saturated rings. The first-order chi connectivity index (χ1) is 5.57. The van der Waals surface area contributed by atoms with Gasteiger partial charge in [-0.25, -0.2) is 0 Å². The summed E-state index contributed by atoms with van der Waals surface area (Å²) in [6.45, 7) is -0.390. The van der Waals surface area contributed by atoms with Crippen LogP contribution in [-0.2, 0) is 4.74 Å². The summed E-state index contributed by atoms with van der Waals surface area (Å²) in [7, 11) is 0. The molecule has 1 saturated heterocycles. The van der Waals surface area contributed by atoms with Crippen LogP contribution < -0.4 is 11.5 Å². The SMILES string of the molecule is N[C@@H]1[C@H](O)[C@@H](CO)OC(O)[C@@H]1N. The van der Waals surface area contributed by atoms with Crippen LogP contribution >= 0.6 is 0 Å². The van der Waals surface area contributed by atoms with Crippen molar-refractivity contribution in [2.45, 2.75) is 30.6 Å². The Morgan fingerprint density at radius 2 is 1.75 bits per heavy atom. The molecule has 6 heteroatoms. The molecule has 1 heterocycles. The van der Waals surface area contributed by atoms with E-state index in [1.165, 1.54) is 0 Å². The summed E-state index contributed by atoms with van der Waals surface area (Å²) in [4.78, 5) is 0. The van der Waals surface area contributed by atoms with E-state index in [-0.39, 0.29) is 0 Å². The topological polar surface area (TPSA) is 122 Å². The van der Waals surface area contributed by atoms with E-state index in [1.807, 2.05) is 0 Å². The second-order valence-electron chi connectivity index (χ2n) is 2.89. The van der Waals surface area contributed by atoms with Gasteiger partial charge in [0, 0.05) is 0 Å². The quantitative estimate of drug-likeness (QED) is 0.287. The molecular formula is C6H14N2O4. The van der Waals surface area contributed by atoms with Crippen molar-refractivity contribution in [3.8, 4) is 0 Å². The summed E-state index contributed by atoms with van der Waals surface area (Å²) in [6.07, 6.45) is -3.11. The van der Waals surface area contributed by atoms with E-state index >= 15 is 0 Å². The van der Waals surface area contributed by atoms with Crippen LogP contribution in [-0.4, -0.2) is 52.5 Å². The third-order valence-electron chi connectivity index (χ3n) is 2.04. The van der Waals surface area contributed by atoms with Crippen LogP contribution in [0, 0.1) is 0 Å². The summed E-state index contributed by atoms with van der Waals surface area (Å²) in [5.74, 6) is 0. The molecule has 0 aromatic rings. The van der Waals surface area contributed by atoms with Gasteiger partial charge in [-0.1, -0.05) is 0 Å². The standard InChI is InChI=1S/C6H14N2O4/c7-3-4(8)6(11)12-2(1-9)5(3)10/h2-6,9-11H,1,7-8H2/t2-,3+,4-,5-,6?/m1/s1. The molecule has 0 aromatic carbocycles. The van der Waals surface area contributed by atoms with Gasteiger partial charge in [-0.3, -0.25) is 0 Å². The third-order valence-corrected chi connectivity index (χ3v) is 2.04.